The van der Waals surface area contributed by atoms with Gasteiger partial charge < -0.3 is 19.3 Å². The number of fused-ring (bicyclic) bond motifs is 1. The van der Waals surface area contributed by atoms with Gasteiger partial charge in [-0.05, 0) is 52.3 Å². The number of carboxylic acids is 1. The molecule has 19 heteroatoms. The van der Waals surface area contributed by atoms with E-state index in [4.69, 9.17) is 9.47 Å². The van der Waals surface area contributed by atoms with E-state index in [0.29, 0.717) is 29.5 Å². The molecule has 11 nitrogen and oxygen atoms in total. The van der Waals surface area contributed by atoms with Gasteiger partial charge in [0.1, 0.15) is 11.9 Å². The van der Waals surface area contributed by atoms with E-state index in [0.717, 1.165) is 6.07 Å². The number of sulfonamides is 1. The molecule has 1 amide bonds. The molecule has 0 radical (unpaired) electrons. The number of nitrogens with one attached hydrogen (secondary N) is 1. The molecule has 1 aromatic heterocycles. The standard InChI is InChI=1S/C25H29F6N3O8S2/c1-6-17-33-18(19(43-17)40-12-24(26,27)28)44(38,39)34-11-14(10-22(2,3)20(35)36)41-16-8-7-13(9-15(16)34)32-21(37)42-23(4,5)25(29,30)31/h7-9,14H,6,10-12H2,1-5H3,(H,32,37)(H,35,36)/t14-/m0/s1. The molecule has 0 fully saturated rings. The molecule has 0 saturated carbocycles. The van der Waals surface area contributed by atoms with Crippen LogP contribution in [0.4, 0.5) is 42.5 Å². The summed E-state index contributed by atoms with van der Waals surface area (Å²) in [5.74, 6) is -1.35. The van der Waals surface area contributed by atoms with Gasteiger partial charge in [-0.3, -0.25) is 14.4 Å². The van der Waals surface area contributed by atoms with Gasteiger partial charge in [-0.15, -0.1) is 0 Å². The second-order valence-electron chi connectivity index (χ2n) is 10.8. The third-order valence-corrected chi connectivity index (χ3v) is 9.23. The number of amides is 1. The van der Waals surface area contributed by atoms with E-state index in [9.17, 15) is 49.5 Å². The van der Waals surface area contributed by atoms with Crippen LogP contribution >= 0.6 is 11.3 Å². The second kappa shape index (κ2) is 12.1. The zero-order valence-corrected chi connectivity index (χ0v) is 25.6. The summed E-state index contributed by atoms with van der Waals surface area (Å²) in [5, 5.41) is 10.3. The molecule has 1 aliphatic rings. The minimum Gasteiger partial charge on any atom is -0.486 e. The Balaban J connectivity index is 2.07. The first-order valence-corrected chi connectivity index (χ1v) is 15.1. The zero-order chi connectivity index (χ0) is 33.5. The number of ether oxygens (including phenoxy) is 3. The van der Waals surface area contributed by atoms with Crippen LogP contribution in [0.15, 0.2) is 23.2 Å². The largest absolute Gasteiger partial charge is 0.486 e. The van der Waals surface area contributed by atoms with Crippen molar-refractivity contribution in [1.82, 2.24) is 4.98 Å². The number of carboxylic acid groups (broad SMARTS) is 1. The van der Waals surface area contributed by atoms with Crippen LogP contribution in [0.1, 0.15) is 46.0 Å². The Hall–Kier alpha value is -3.48. The van der Waals surface area contributed by atoms with Crippen LogP contribution < -0.4 is 19.1 Å². The molecular formula is C25H29F6N3O8S2. The second-order valence-corrected chi connectivity index (χ2v) is 13.7. The Kier molecular flexibility index (Phi) is 9.65. The number of aromatic nitrogens is 1. The Morgan fingerprint density at radius 2 is 1.80 bits per heavy atom. The lowest BCUT2D eigenvalue weighted by Gasteiger charge is -2.37. The Labute approximate surface area is 252 Å². The van der Waals surface area contributed by atoms with E-state index in [2.05, 4.69) is 15.0 Å². The monoisotopic (exact) mass is 677 g/mol. The Morgan fingerprint density at radius 1 is 1.16 bits per heavy atom. The van der Waals surface area contributed by atoms with Crippen LogP contribution in [0.3, 0.4) is 0 Å². The third kappa shape index (κ3) is 7.96. The fourth-order valence-corrected chi connectivity index (χ4v) is 6.52. The average molecular weight is 678 g/mol. The van der Waals surface area contributed by atoms with E-state index < -0.39 is 74.8 Å². The molecule has 0 spiro atoms. The van der Waals surface area contributed by atoms with Gasteiger partial charge in [-0.1, -0.05) is 18.3 Å². The topological polar surface area (TPSA) is 144 Å². The summed E-state index contributed by atoms with van der Waals surface area (Å²) in [7, 11) is -4.85. The number of anilines is 2. The van der Waals surface area contributed by atoms with E-state index in [1.807, 2.05) is 0 Å². The highest BCUT2D eigenvalue weighted by molar-refractivity contribution is 7.93. The molecule has 0 unspecified atom stereocenters. The molecule has 0 bridgehead atoms. The van der Waals surface area contributed by atoms with Crippen molar-refractivity contribution in [2.45, 2.75) is 76.5 Å². The highest BCUT2D eigenvalue weighted by Crippen LogP contribution is 2.43. The molecule has 3 rings (SSSR count). The van der Waals surface area contributed by atoms with Crippen molar-refractivity contribution in [3.05, 3.63) is 23.2 Å². The smallest absolute Gasteiger partial charge is 0.427 e. The quantitative estimate of drug-likeness (QED) is 0.290. The van der Waals surface area contributed by atoms with Crippen molar-refractivity contribution in [3.8, 4) is 10.8 Å². The lowest BCUT2D eigenvalue weighted by molar-refractivity contribution is -0.242. The normalized spacial score (nSPS) is 16.2. The van der Waals surface area contributed by atoms with Gasteiger partial charge in [-0.2, -0.15) is 34.8 Å². The molecule has 246 valence electrons. The fourth-order valence-electron chi connectivity index (χ4n) is 3.80. The maximum atomic E-state index is 14.0. The molecule has 2 aromatic rings. The molecule has 1 aliphatic heterocycles. The number of benzene rings is 1. The van der Waals surface area contributed by atoms with Crippen LogP contribution in [-0.2, 0) is 26.0 Å². The number of thiazole rings is 1. The summed E-state index contributed by atoms with van der Waals surface area (Å²) >= 11 is 0.592. The number of hydrogen-bond donors (Lipinski definition) is 2. The van der Waals surface area contributed by atoms with Crippen molar-refractivity contribution in [3.63, 3.8) is 0 Å². The summed E-state index contributed by atoms with van der Waals surface area (Å²) in [5.41, 5.74) is -4.76. The average Bonchev–Trinajstić information content (AvgIpc) is 3.30. The first-order chi connectivity index (χ1) is 20.0. The molecular weight excluding hydrogens is 648 g/mol. The van der Waals surface area contributed by atoms with Crippen molar-refractivity contribution in [2.24, 2.45) is 5.41 Å². The first-order valence-electron chi connectivity index (χ1n) is 12.8. The predicted octanol–water partition coefficient (Wildman–Crippen LogP) is 5.99. The number of nitrogens with zero attached hydrogens (tertiary/aromatic N) is 2. The van der Waals surface area contributed by atoms with E-state index >= 15 is 0 Å². The predicted molar refractivity (Wildman–Crippen MR) is 145 cm³/mol. The van der Waals surface area contributed by atoms with Gasteiger partial charge in [0.2, 0.25) is 15.7 Å². The van der Waals surface area contributed by atoms with E-state index in [1.165, 1.54) is 26.0 Å². The lowest BCUT2D eigenvalue weighted by atomic mass is 9.86. The number of halogens is 6. The van der Waals surface area contributed by atoms with Crippen LogP contribution in [0, 0.1) is 5.41 Å². The Bertz CT molecular complexity index is 1510. The molecule has 0 saturated heterocycles. The summed E-state index contributed by atoms with van der Waals surface area (Å²) < 4.78 is 122. The van der Waals surface area contributed by atoms with Gasteiger partial charge in [0.25, 0.3) is 10.0 Å². The van der Waals surface area contributed by atoms with Crippen molar-refractivity contribution < 1.29 is 63.7 Å². The van der Waals surface area contributed by atoms with E-state index in [1.54, 1.807) is 6.92 Å². The minimum absolute atomic E-state index is 0.135. The van der Waals surface area contributed by atoms with E-state index in [-0.39, 0.29) is 35.0 Å². The van der Waals surface area contributed by atoms with Crippen LogP contribution in [0.5, 0.6) is 10.8 Å². The van der Waals surface area contributed by atoms with Crippen LogP contribution in [0.2, 0.25) is 0 Å². The van der Waals surface area contributed by atoms with Crippen molar-refractivity contribution in [1.29, 1.82) is 0 Å². The molecule has 2 N–H and O–H groups in total. The highest BCUT2D eigenvalue weighted by atomic mass is 32.2. The summed E-state index contributed by atoms with van der Waals surface area (Å²) in [4.78, 5) is 28.0. The fraction of sp³-hybridized carbons (Fsp3) is 0.560. The molecule has 2 heterocycles. The van der Waals surface area contributed by atoms with Gasteiger partial charge in [0.05, 0.1) is 22.7 Å². The number of aryl methyl sites for hydroxylation is 1. The van der Waals surface area contributed by atoms with Crippen molar-refractivity contribution in [2.75, 3.05) is 22.8 Å². The zero-order valence-electron chi connectivity index (χ0n) is 23.9. The molecule has 1 aromatic carbocycles. The molecule has 1 atom stereocenters. The number of hydrogen-bond acceptors (Lipinski definition) is 9. The number of rotatable bonds is 10. The number of carbonyl (C=O) groups excluding carboxylic acids is 1. The highest BCUT2D eigenvalue weighted by Gasteiger charge is 2.51. The number of aliphatic carboxylic acids is 1. The summed E-state index contributed by atoms with van der Waals surface area (Å²) in [6, 6.07) is 3.39. The minimum atomic E-state index is -4.91. The summed E-state index contributed by atoms with van der Waals surface area (Å²) in [6.45, 7) is 3.25. The lowest BCUT2D eigenvalue weighted by Crippen LogP contribution is -2.46. The van der Waals surface area contributed by atoms with Gasteiger partial charge in [0.15, 0.2) is 6.61 Å². The number of alkyl halides is 6. The van der Waals surface area contributed by atoms with Gasteiger partial charge >= 0.3 is 24.4 Å². The molecule has 44 heavy (non-hydrogen) atoms. The SMILES string of the molecule is CCc1nc(S(=O)(=O)N2C[C@H](CC(C)(C)C(=O)O)Oc3ccc(NC(=O)OC(C)(C)C(F)(F)F)cc32)c(OCC(F)(F)F)s1. The summed E-state index contributed by atoms with van der Waals surface area (Å²) in [6.07, 6.45) is -12.4. The first kappa shape index (κ1) is 35.0. The van der Waals surface area contributed by atoms with Gasteiger partial charge in [0, 0.05) is 12.1 Å². The maximum absolute atomic E-state index is 14.0. The van der Waals surface area contributed by atoms with Crippen molar-refractivity contribution >= 4 is 44.8 Å². The number of carbonyl (C=O) groups is 2. The van der Waals surface area contributed by atoms with Crippen LogP contribution in [-0.4, -0.2) is 67.8 Å². The van der Waals surface area contributed by atoms with Crippen LogP contribution in [0.25, 0.3) is 0 Å². The van der Waals surface area contributed by atoms with Gasteiger partial charge in [-0.25, -0.2) is 9.78 Å². The Morgan fingerprint density at radius 3 is 2.34 bits per heavy atom. The third-order valence-electron chi connectivity index (χ3n) is 6.30. The molecule has 0 aliphatic carbocycles. The maximum Gasteiger partial charge on any atom is 0.427 e.